The average molecular weight is 294 g/mol. The number of hydrogen-bond acceptors (Lipinski definition) is 2. The Hall–Kier alpha value is -1.38. The van der Waals surface area contributed by atoms with E-state index in [-0.39, 0.29) is 12.2 Å². The Morgan fingerprint density at radius 3 is 2.24 bits per heavy atom. The highest BCUT2D eigenvalue weighted by molar-refractivity contribution is 5.90. The molecule has 0 spiro atoms. The lowest BCUT2D eigenvalue weighted by atomic mass is 10.1. The quantitative estimate of drug-likeness (QED) is 0.277. The van der Waals surface area contributed by atoms with Gasteiger partial charge in [-0.1, -0.05) is 50.8 Å². The Labute approximate surface area is 129 Å². The molecule has 0 aromatic rings. The highest BCUT2D eigenvalue weighted by Crippen LogP contribution is 2.06. The highest BCUT2D eigenvalue weighted by atomic mass is 16.4. The first kappa shape index (κ1) is 19.6. The summed E-state index contributed by atoms with van der Waals surface area (Å²) in [6, 6.07) is 0. The lowest BCUT2D eigenvalue weighted by molar-refractivity contribution is -0.137. The molecule has 0 aliphatic heterocycles. The minimum Gasteiger partial charge on any atom is -0.481 e. The molecule has 21 heavy (non-hydrogen) atoms. The molecule has 0 saturated carbocycles. The Morgan fingerprint density at radius 2 is 1.52 bits per heavy atom. The van der Waals surface area contributed by atoms with Gasteiger partial charge in [-0.3, -0.25) is 9.59 Å². The van der Waals surface area contributed by atoms with Gasteiger partial charge in [-0.2, -0.15) is 0 Å². The molecular formula is C18H30O3. The number of rotatable bonds is 14. The van der Waals surface area contributed by atoms with Crippen LogP contribution in [0.15, 0.2) is 24.3 Å². The number of carboxylic acids is 1. The fraction of sp³-hybridized carbons (Fsp3) is 0.667. The Morgan fingerprint density at radius 1 is 0.857 bits per heavy atom. The molecule has 0 fully saturated rings. The van der Waals surface area contributed by atoms with E-state index in [9.17, 15) is 9.59 Å². The zero-order valence-electron chi connectivity index (χ0n) is 13.4. The second-order valence-electron chi connectivity index (χ2n) is 5.39. The summed E-state index contributed by atoms with van der Waals surface area (Å²) >= 11 is 0. The highest BCUT2D eigenvalue weighted by Gasteiger charge is 1.96. The van der Waals surface area contributed by atoms with Crippen LogP contribution in [-0.2, 0) is 9.59 Å². The van der Waals surface area contributed by atoms with Crippen molar-refractivity contribution in [1.29, 1.82) is 0 Å². The molecular weight excluding hydrogens is 264 g/mol. The zero-order chi connectivity index (χ0) is 15.8. The van der Waals surface area contributed by atoms with Crippen molar-refractivity contribution in [2.75, 3.05) is 0 Å². The molecule has 3 nitrogen and oxygen atoms in total. The summed E-state index contributed by atoms with van der Waals surface area (Å²) in [5.74, 6) is -0.559. The maximum atomic E-state index is 11.5. The molecule has 1 N–H and O–H groups in total. The number of hydrogen-bond donors (Lipinski definition) is 1. The van der Waals surface area contributed by atoms with Crippen molar-refractivity contribution < 1.29 is 14.7 Å². The molecule has 120 valence electrons. The third-order valence-electron chi connectivity index (χ3n) is 3.28. The van der Waals surface area contributed by atoms with E-state index in [0.717, 1.165) is 38.5 Å². The molecule has 0 atom stereocenters. The molecule has 0 rings (SSSR count). The first-order valence-electron chi connectivity index (χ1n) is 8.23. The number of ketones is 1. The van der Waals surface area contributed by atoms with Crippen molar-refractivity contribution in [3.8, 4) is 0 Å². The summed E-state index contributed by atoms with van der Waals surface area (Å²) in [7, 11) is 0. The van der Waals surface area contributed by atoms with Crippen LogP contribution in [-0.4, -0.2) is 16.9 Å². The average Bonchev–Trinajstić information content (AvgIpc) is 2.45. The molecule has 0 aromatic carbocycles. The normalized spacial score (nSPS) is 11.5. The SMILES string of the molecule is CCCCCC=CCC(=O)/C=C/CCCCCCC(=O)O. The van der Waals surface area contributed by atoms with Gasteiger partial charge in [0.05, 0.1) is 0 Å². The summed E-state index contributed by atoms with van der Waals surface area (Å²) in [5, 5.41) is 8.49. The minimum absolute atomic E-state index is 0.160. The van der Waals surface area contributed by atoms with E-state index < -0.39 is 5.97 Å². The van der Waals surface area contributed by atoms with E-state index >= 15 is 0 Å². The minimum atomic E-state index is -0.719. The molecule has 0 saturated heterocycles. The lowest BCUT2D eigenvalue weighted by Crippen LogP contribution is -1.93. The van der Waals surface area contributed by atoms with Crippen LogP contribution in [0.5, 0.6) is 0 Å². The number of allylic oxidation sites excluding steroid dienone is 4. The maximum absolute atomic E-state index is 11.5. The van der Waals surface area contributed by atoms with Gasteiger partial charge in [-0.25, -0.2) is 0 Å². The number of carbonyl (C=O) groups is 2. The van der Waals surface area contributed by atoms with E-state index in [1.807, 2.05) is 12.2 Å². The predicted molar refractivity (Wildman–Crippen MR) is 87.4 cm³/mol. The molecule has 0 aliphatic carbocycles. The predicted octanol–water partition coefficient (Wildman–Crippen LogP) is 5.06. The van der Waals surface area contributed by atoms with Crippen LogP contribution in [0.3, 0.4) is 0 Å². The fourth-order valence-corrected chi connectivity index (χ4v) is 2.00. The molecule has 0 heterocycles. The van der Waals surface area contributed by atoms with Crippen LogP contribution in [0.2, 0.25) is 0 Å². The van der Waals surface area contributed by atoms with Gasteiger partial charge in [0.2, 0.25) is 0 Å². The van der Waals surface area contributed by atoms with Gasteiger partial charge in [0, 0.05) is 12.8 Å². The van der Waals surface area contributed by atoms with Gasteiger partial charge in [-0.15, -0.1) is 0 Å². The number of carbonyl (C=O) groups excluding carboxylic acids is 1. The molecule has 0 radical (unpaired) electrons. The summed E-state index contributed by atoms with van der Waals surface area (Å²) in [6.45, 7) is 2.18. The second-order valence-corrected chi connectivity index (χ2v) is 5.39. The standard InChI is InChI=1S/C18H30O3/c1-2-3-4-5-8-11-14-17(19)15-12-9-6-7-10-13-16-18(20)21/h8,11-12,15H,2-7,9-10,13-14,16H2,1H3,(H,20,21)/b11-8?,15-12+. The molecule has 0 aliphatic rings. The maximum Gasteiger partial charge on any atom is 0.303 e. The van der Waals surface area contributed by atoms with Crippen molar-refractivity contribution in [3.05, 3.63) is 24.3 Å². The number of carboxylic acid groups (broad SMARTS) is 1. The first-order valence-corrected chi connectivity index (χ1v) is 8.23. The van der Waals surface area contributed by atoms with Crippen molar-refractivity contribution in [3.63, 3.8) is 0 Å². The van der Waals surface area contributed by atoms with Crippen molar-refractivity contribution in [1.82, 2.24) is 0 Å². The Balaban J connectivity index is 3.43. The number of aliphatic carboxylic acids is 1. The van der Waals surface area contributed by atoms with E-state index in [4.69, 9.17) is 5.11 Å². The molecule has 0 amide bonds. The van der Waals surface area contributed by atoms with Gasteiger partial charge in [0.25, 0.3) is 0 Å². The smallest absolute Gasteiger partial charge is 0.303 e. The van der Waals surface area contributed by atoms with Crippen molar-refractivity contribution in [2.24, 2.45) is 0 Å². The van der Waals surface area contributed by atoms with Crippen molar-refractivity contribution >= 4 is 11.8 Å². The second kappa shape index (κ2) is 15.0. The van der Waals surface area contributed by atoms with Crippen LogP contribution >= 0.6 is 0 Å². The van der Waals surface area contributed by atoms with Gasteiger partial charge in [-0.05, 0) is 38.2 Å². The van der Waals surface area contributed by atoms with E-state index in [1.54, 1.807) is 6.08 Å². The summed E-state index contributed by atoms with van der Waals surface area (Å²) < 4.78 is 0. The molecule has 3 heteroatoms. The fourth-order valence-electron chi connectivity index (χ4n) is 2.00. The molecule has 0 bridgehead atoms. The summed E-state index contributed by atoms with van der Waals surface area (Å²) in [4.78, 5) is 21.9. The zero-order valence-corrected chi connectivity index (χ0v) is 13.4. The largest absolute Gasteiger partial charge is 0.481 e. The van der Waals surface area contributed by atoms with Gasteiger partial charge in [0.15, 0.2) is 5.78 Å². The Kier molecular flexibility index (Phi) is 14.0. The van der Waals surface area contributed by atoms with Gasteiger partial charge < -0.3 is 5.11 Å². The molecule has 0 unspecified atom stereocenters. The van der Waals surface area contributed by atoms with E-state index in [0.29, 0.717) is 6.42 Å². The van der Waals surface area contributed by atoms with Crippen LogP contribution in [0.4, 0.5) is 0 Å². The van der Waals surface area contributed by atoms with Crippen LogP contribution in [0.25, 0.3) is 0 Å². The van der Waals surface area contributed by atoms with E-state index in [2.05, 4.69) is 13.0 Å². The third-order valence-corrected chi connectivity index (χ3v) is 3.28. The van der Waals surface area contributed by atoms with Crippen molar-refractivity contribution in [2.45, 2.75) is 77.6 Å². The van der Waals surface area contributed by atoms with Crippen LogP contribution in [0.1, 0.15) is 77.6 Å². The van der Waals surface area contributed by atoms with E-state index in [1.165, 1.54) is 19.3 Å². The van der Waals surface area contributed by atoms with Crippen LogP contribution < -0.4 is 0 Å². The topological polar surface area (TPSA) is 54.4 Å². The van der Waals surface area contributed by atoms with Crippen LogP contribution in [0, 0.1) is 0 Å². The Bertz CT molecular complexity index is 329. The number of unbranched alkanes of at least 4 members (excludes halogenated alkanes) is 7. The monoisotopic (exact) mass is 294 g/mol. The lowest BCUT2D eigenvalue weighted by Gasteiger charge is -1.96. The summed E-state index contributed by atoms with van der Waals surface area (Å²) in [5.41, 5.74) is 0. The molecule has 0 aromatic heterocycles. The first-order chi connectivity index (χ1) is 10.2. The van der Waals surface area contributed by atoms with Gasteiger partial charge >= 0.3 is 5.97 Å². The van der Waals surface area contributed by atoms with Gasteiger partial charge in [0.1, 0.15) is 0 Å². The third kappa shape index (κ3) is 16.6. The summed E-state index contributed by atoms with van der Waals surface area (Å²) in [6.07, 6.45) is 17.9.